The predicted octanol–water partition coefficient (Wildman–Crippen LogP) is 2.29. The Hall–Kier alpha value is -2.08. The van der Waals surface area contributed by atoms with E-state index in [4.69, 9.17) is 10.3 Å². The number of likely N-dealkylation sites (tertiary alicyclic amines) is 1. The monoisotopic (exact) mass is 322 g/mol. The Bertz CT molecular complexity index is 641. The minimum atomic E-state index is -0.00696. The van der Waals surface area contributed by atoms with Crippen molar-refractivity contribution in [3.05, 3.63) is 41.5 Å². The average Bonchev–Trinajstić information content (AvgIpc) is 3.09. The summed E-state index contributed by atoms with van der Waals surface area (Å²) in [5, 5.41) is 3.91. The summed E-state index contributed by atoms with van der Waals surface area (Å²) in [5.74, 6) is 0.826. The predicted molar refractivity (Wildman–Crippen MR) is 84.5 cm³/mol. The number of nitrogens with two attached hydrogens (primary N) is 1. The number of aryl methyl sites for hydroxylation is 1. The highest BCUT2D eigenvalue weighted by molar-refractivity contribution is 5.85. The smallest absolute Gasteiger partial charge is 0.229 e. The van der Waals surface area contributed by atoms with Crippen LogP contribution in [0.2, 0.25) is 0 Å². The van der Waals surface area contributed by atoms with Gasteiger partial charge in [0.15, 0.2) is 5.76 Å². The first kappa shape index (κ1) is 16.3. The van der Waals surface area contributed by atoms with E-state index >= 15 is 0 Å². The number of nitrogens with zero attached hydrogens (tertiary/aromatic N) is 3. The molecule has 0 spiro atoms. The molecule has 7 heteroatoms. The third-order valence-corrected chi connectivity index (χ3v) is 3.73. The topological polar surface area (TPSA) is 85.2 Å². The molecule has 1 saturated heterocycles. The summed E-state index contributed by atoms with van der Waals surface area (Å²) in [6, 6.07) is 5.44. The zero-order valence-electron chi connectivity index (χ0n) is 12.4. The molecule has 0 aliphatic carbocycles. The molecule has 3 rings (SSSR count). The average molecular weight is 323 g/mol. The SMILES string of the molecule is Cc1cc(C2CCCN2C(=O)Cc2ccc(N)cn2)on1.Cl. The maximum Gasteiger partial charge on any atom is 0.229 e. The van der Waals surface area contributed by atoms with Gasteiger partial charge in [-0.1, -0.05) is 5.16 Å². The lowest BCUT2D eigenvalue weighted by Gasteiger charge is -2.22. The van der Waals surface area contributed by atoms with Crippen molar-refractivity contribution in [2.24, 2.45) is 0 Å². The molecule has 1 aliphatic heterocycles. The molecule has 0 radical (unpaired) electrons. The van der Waals surface area contributed by atoms with E-state index in [1.54, 1.807) is 18.3 Å². The van der Waals surface area contributed by atoms with Crippen molar-refractivity contribution in [3.63, 3.8) is 0 Å². The van der Waals surface area contributed by atoms with Crippen LogP contribution in [-0.4, -0.2) is 27.5 Å². The summed E-state index contributed by atoms with van der Waals surface area (Å²) in [6.45, 7) is 2.63. The minimum Gasteiger partial charge on any atom is -0.397 e. The molecule has 1 aliphatic rings. The van der Waals surface area contributed by atoms with Crippen LogP contribution in [0.25, 0.3) is 0 Å². The van der Waals surface area contributed by atoms with Gasteiger partial charge in [-0.25, -0.2) is 0 Å². The van der Waals surface area contributed by atoms with Gasteiger partial charge < -0.3 is 15.2 Å². The highest BCUT2D eigenvalue weighted by atomic mass is 35.5. The molecule has 1 fully saturated rings. The molecule has 0 bridgehead atoms. The summed E-state index contributed by atoms with van der Waals surface area (Å²) in [4.78, 5) is 18.5. The Morgan fingerprint density at radius 3 is 2.95 bits per heavy atom. The van der Waals surface area contributed by atoms with E-state index in [-0.39, 0.29) is 30.8 Å². The molecule has 2 aromatic rings. The lowest BCUT2D eigenvalue weighted by molar-refractivity contribution is -0.131. The zero-order valence-corrected chi connectivity index (χ0v) is 13.2. The normalized spacial score (nSPS) is 17.3. The second kappa shape index (κ2) is 6.79. The molecule has 1 unspecified atom stereocenters. The van der Waals surface area contributed by atoms with Crippen molar-refractivity contribution in [2.45, 2.75) is 32.2 Å². The zero-order chi connectivity index (χ0) is 14.8. The summed E-state index contributed by atoms with van der Waals surface area (Å²) in [6.07, 6.45) is 3.74. The summed E-state index contributed by atoms with van der Waals surface area (Å²) < 4.78 is 5.32. The Morgan fingerprint density at radius 2 is 2.32 bits per heavy atom. The molecule has 6 nitrogen and oxygen atoms in total. The molecule has 22 heavy (non-hydrogen) atoms. The van der Waals surface area contributed by atoms with Crippen molar-refractivity contribution < 1.29 is 9.32 Å². The van der Waals surface area contributed by atoms with Crippen LogP contribution in [0.4, 0.5) is 5.69 Å². The van der Waals surface area contributed by atoms with Crippen LogP contribution in [0.3, 0.4) is 0 Å². The van der Waals surface area contributed by atoms with Crippen LogP contribution in [0.15, 0.2) is 28.9 Å². The number of aromatic nitrogens is 2. The first-order valence-electron chi connectivity index (χ1n) is 7.06. The van der Waals surface area contributed by atoms with Gasteiger partial charge in [0.25, 0.3) is 0 Å². The van der Waals surface area contributed by atoms with E-state index in [0.717, 1.165) is 36.5 Å². The van der Waals surface area contributed by atoms with Gasteiger partial charge in [-0.2, -0.15) is 0 Å². The second-order valence-corrected chi connectivity index (χ2v) is 5.38. The van der Waals surface area contributed by atoms with Gasteiger partial charge in [0.05, 0.1) is 30.0 Å². The van der Waals surface area contributed by atoms with Crippen LogP contribution in [0, 0.1) is 6.92 Å². The molecular weight excluding hydrogens is 304 g/mol. The lowest BCUT2D eigenvalue weighted by atomic mass is 10.1. The van der Waals surface area contributed by atoms with Gasteiger partial charge >= 0.3 is 0 Å². The Balaban J connectivity index is 0.00000176. The number of carbonyl (C=O) groups excluding carboxylic acids is 1. The quantitative estimate of drug-likeness (QED) is 0.937. The number of carbonyl (C=O) groups is 1. The lowest BCUT2D eigenvalue weighted by Crippen LogP contribution is -2.31. The molecule has 1 amide bonds. The molecular formula is C15H19ClN4O2. The van der Waals surface area contributed by atoms with Gasteiger partial charge in [0, 0.05) is 18.3 Å². The maximum atomic E-state index is 12.5. The molecule has 2 aromatic heterocycles. The minimum absolute atomic E-state index is 0. The number of hydrogen-bond acceptors (Lipinski definition) is 5. The summed E-state index contributed by atoms with van der Waals surface area (Å²) in [5.41, 5.74) is 7.77. The largest absolute Gasteiger partial charge is 0.397 e. The number of halogens is 1. The van der Waals surface area contributed by atoms with Crippen molar-refractivity contribution in [1.82, 2.24) is 15.0 Å². The molecule has 2 N–H and O–H groups in total. The number of anilines is 1. The van der Waals surface area contributed by atoms with Crippen molar-refractivity contribution in [3.8, 4) is 0 Å². The molecule has 0 aromatic carbocycles. The fourth-order valence-electron chi connectivity index (χ4n) is 2.70. The van der Waals surface area contributed by atoms with Crippen LogP contribution in [-0.2, 0) is 11.2 Å². The number of nitrogen functional groups attached to an aromatic ring is 1. The maximum absolute atomic E-state index is 12.5. The first-order valence-corrected chi connectivity index (χ1v) is 7.06. The van der Waals surface area contributed by atoms with E-state index in [9.17, 15) is 4.79 Å². The van der Waals surface area contributed by atoms with Crippen molar-refractivity contribution in [1.29, 1.82) is 0 Å². The van der Waals surface area contributed by atoms with Crippen molar-refractivity contribution >= 4 is 24.0 Å². The first-order chi connectivity index (χ1) is 10.1. The number of pyridine rings is 1. The number of hydrogen-bond donors (Lipinski definition) is 1. The van der Waals surface area contributed by atoms with E-state index in [1.807, 2.05) is 17.9 Å². The standard InChI is InChI=1S/C15H18N4O2.ClH/c1-10-7-14(21-18-10)13-3-2-6-19(13)15(20)8-12-5-4-11(16)9-17-12;/h4-5,7,9,13H,2-3,6,8,16H2,1H3;1H. The van der Waals surface area contributed by atoms with Crippen LogP contribution < -0.4 is 5.73 Å². The van der Waals surface area contributed by atoms with Crippen LogP contribution in [0.5, 0.6) is 0 Å². The number of rotatable bonds is 3. The van der Waals surface area contributed by atoms with E-state index in [0.29, 0.717) is 5.69 Å². The Kier molecular flexibility index (Phi) is 5.03. The van der Waals surface area contributed by atoms with Gasteiger partial charge in [-0.15, -0.1) is 12.4 Å². The summed E-state index contributed by atoms with van der Waals surface area (Å²) in [7, 11) is 0. The molecule has 118 valence electrons. The second-order valence-electron chi connectivity index (χ2n) is 5.38. The van der Waals surface area contributed by atoms with Gasteiger partial charge in [-0.3, -0.25) is 9.78 Å². The Labute approximate surface area is 135 Å². The van der Waals surface area contributed by atoms with Crippen LogP contribution in [0.1, 0.15) is 36.0 Å². The third kappa shape index (κ3) is 3.39. The van der Waals surface area contributed by atoms with Crippen molar-refractivity contribution in [2.75, 3.05) is 12.3 Å². The third-order valence-electron chi connectivity index (χ3n) is 3.73. The fraction of sp³-hybridized carbons (Fsp3) is 0.400. The Morgan fingerprint density at radius 1 is 1.50 bits per heavy atom. The molecule has 1 atom stereocenters. The van der Waals surface area contributed by atoms with Crippen LogP contribution >= 0.6 is 12.4 Å². The highest BCUT2D eigenvalue weighted by Crippen LogP contribution is 2.32. The molecule has 0 saturated carbocycles. The number of amides is 1. The van der Waals surface area contributed by atoms with E-state index in [2.05, 4.69) is 10.1 Å². The van der Waals surface area contributed by atoms with Gasteiger partial charge in [0.2, 0.25) is 5.91 Å². The highest BCUT2D eigenvalue weighted by Gasteiger charge is 2.32. The summed E-state index contributed by atoms with van der Waals surface area (Å²) >= 11 is 0. The fourth-order valence-corrected chi connectivity index (χ4v) is 2.70. The van der Waals surface area contributed by atoms with E-state index in [1.165, 1.54) is 0 Å². The van der Waals surface area contributed by atoms with Gasteiger partial charge in [-0.05, 0) is 31.9 Å². The van der Waals surface area contributed by atoms with E-state index < -0.39 is 0 Å². The molecule has 3 heterocycles. The van der Waals surface area contributed by atoms with Gasteiger partial charge in [0.1, 0.15) is 0 Å².